The molecule has 3 heterocycles. The minimum Gasteiger partial charge on any atom is -0.465 e. The molecule has 3 aromatic heterocycles. The summed E-state index contributed by atoms with van der Waals surface area (Å²) in [6.07, 6.45) is 8.69. The Morgan fingerprint density at radius 3 is 2.94 bits per heavy atom. The van der Waals surface area contributed by atoms with Crippen molar-refractivity contribution in [1.29, 1.82) is 0 Å². The number of carbonyl (C=O) groups is 2. The molecule has 0 aromatic carbocycles. The number of fused-ring (bicyclic) bond motifs is 1. The van der Waals surface area contributed by atoms with Crippen LogP contribution in [0.3, 0.4) is 0 Å². The molecule has 10 heteroatoms. The van der Waals surface area contributed by atoms with Gasteiger partial charge in [0, 0.05) is 15.8 Å². The fraction of sp³-hybridized carbons (Fsp3) is 0.333. The molecule has 1 aliphatic carbocycles. The zero-order valence-corrected chi connectivity index (χ0v) is 19.3. The smallest absolute Gasteiger partial charge is 0.341 e. The average molecular weight is 476 g/mol. The fourth-order valence-electron chi connectivity index (χ4n) is 3.32. The van der Waals surface area contributed by atoms with E-state index in [4.69, 9.17) is 9.15 Å². The van der Waals surface area contributed by atoms with Gasteiger partial charge in [-0.25, -0.2) is 4.79 Å². The Morgan fingerprint density at radius 2 is 2.13 bits per heavy atom. The minimum absolute atomic E-state index is 0.0967. The second-order valence-electron chi connectivity index (χ2n) is 6.85. The first kappa shape index (κ1) is 21.8. The molecule has 0 unspecified atom stereocenters. The van der Waals surface area contributed by atoms with Gasteiger partial charge in [-0.2, -0.15) is 0 Å². The van der Waals surface area contributed by atoms with Crippen LogP contribution in [0.2, 0.25) is 0 Å². The highest BCUT2D eigenvalue weighted by Gasteiger charge is 2.26. The van der Waals surface area contributed by atoms with Gasteiger partial charge in [0.2, 0.25) is 11.8 Å². The van der Waals surface area contributed by atoms with E-state index in [0.717, 1.165) is 54.3 Å². The second-order valence-corrected chi connectivity index (χ2v) is 9.86. The maximum atomic E-state index is 12.5. The highest BCUT2D eigenvalue weighted by Crippen LogP contribution is 2.38. The third-order valence-electron chi connectivity index (χ3n) is 4.75. The summed E-state index contributed by atoms with van der Waals surface area (Å²) in [4.78, 5) is 27.2. The molecular weight excluding hydrogens is 454 g/mol. The fourth-order valence-corrected chi connectivity index (χ4v) is 5.81. The number of carbonyl (C=O) groups excluding carboxylic acids is 2. The number of nitrogens with zero attached hydrogens (tertiary/aromatic N) is 2. The first-order valence-corrected chi connectivity index (χ1v) is 12.5. The van der Waals surface area contributed by atoms with Gasteiger partial charge in [-0.3, -0.25) is 4.79 Å². The van der Waals surface area contributed by atoms with E-state index >= 15 is 0 Å². The Kier molecular flexibility index (Phi) is 7.21. The van der Waals surface area contributed by atoms with Crippen LogP contribution in [0.25, 0.3) is 12.2 Å². The highest BCUT2D eigenvalue weighted by molar-refractivity contribution is 7.99. The van der Waals surface area contributed by atoms with E-state index in [0.29, 0.717) is 21.7 Å². The molecule has 0 radical (unpaired) electrons. The largest absolute Gasteiger partial charge is 0.465 e. The third-order valence-corrected chi connectivity index (χ3v) is 7.61. The molecular formula is C21H21N3O4S3. The van der Waals surface area contributed by atoms with E-state index in [-0.39, 0.29) is 11.7 Å². The lowest BCUT2D eigenvalue weighted by Gasteiger charge is -2.07. The van der Waals surface area contributed by atoms with Crippen molar-refractivity contribution in [2.75, 3.05) is 18.2 Å². The SMILES string of the molecule is COC(=O)c1c(NC(=O)CSc2nnc(C=Cc3cccs3)o2)sc2c1CCCCC2. The van der Waals surface area contributed by atoms with Gasteiger partial charge in [-0.15, -0.1) is 32.9 Å². The summed E-state index contributed by atoms with van der Waals surface area (Å²) >= 11 is 4.24. The lowest BCUT2D eigenvalue weighted by molar-refractivity contribution is -0.113. The van der Waals surface area contributed by atoms with Crippen LogP contribution in [0.5, 0.6) is 0 Å². The van der Waals surface area contributed by atoms with Crippen LogP contribution in [-0.2, 0) is 22.4 Å². The van der Waals surface area contributed by atoms with Gasteiger partial charge in [0.05, 0.1) is 18.4 Å². The standard InChI is InChI=1S/C21H21N3O4S3/c1-27-20(26)18-14-7-3-2-4-8-15(14)31-19(18)22-16(25)12-30-21-24-23-17(28-21)10-9-13-6-5-11-29-13/h5-6,9-11H,2-4,7-8,12H2,1H3,(H,22,25). The monoisotopic (exact) mass is 475 g/mol. The molecule has 7 nitrogen and oxygen atoms in total. The number of aromatic nitrogens is 2. The average Bonchev–Trinajstić information content (AvgIpc) is 3.48. The Labute approximate surface area is 191 Å². The first-order chi connectivity index (χ1) is 15.1. The number of anilines is 1. The van der Waals surface area contributed by atoms with Crippen molar-refractivity contribution >= 4 is 63.5 Å². The van der Waals surface area contributed by atoms with Crippen molar-refractivity contribution in [2.45, 2.75) is 37.3 Å². The van der Waals surface area contributed by atoms with Crippen LogP contribution in [0.1, 0.15) is 50.8 Å². The van der Waals surface area contributed by atoms with Crippen LogP contribution in [0.15, 0.2) is 27.2 Å². The molecule has 0 saturated heterocycles. The molecule has 1 N–H and O–H groups in total. The maximum absolute atomic E-state index is 12.5. The van der Waals surface area contributed by atoms with Crippen LogP contribution in [-0.4, -0.2) is 34.9 Å². The summed E-state index contributed by atoms with van der Waals surface area (Å²) in [7, 11) is 1.37. The Morgan fingerprint density at radius 1 is 1.26 bits per heavy atom. The molecule has 0 bridgehead atoms. The Balaban J connectivity index is 1.39. The van der Waals surface area contributed by atoms with Crippen molar-refractivity contribution in [3.63, 3.8) is 0 Å². The van der Waals surface area contributed by atoms with Gasteiger partial charge in [0.15, 0.2) is 0 Å². The van der Waals surface area contributed by atoms with Gasteiger partial charge in [0.1, 0.15) is 5.00 Å². The summed E-state index contributed by atoms with van der Waals surface area (Å²) in [6.45, 7) is 0. The summed E-state index contributed by atoms with van der Waals surface area (Å²) in [5.41, 5.74) is 1.53. The topological polar surface area (TPSA) is 94.3 Å². The molecule has 31 heavy (non-hydrogen) atoms. The van der Waals surface area contributed by atoms with Crippen molar-refractivity contribution in [2.24, 2.45) is 0 Å². The highest BCUT2D eigenvalue weighted by atomic mass is 32.2. The number of aryl methyl sites for hydroxylation is 1. The van der Waals surface area contributed by atoms with Crippen molar-refractivity contribution < 1.29 is 18.7 Å². The van der Waals surface area contributed by atoms with E-state index in [1.165, 1.54) is 23.3 Å². The number of hydrogen-bond donors (Lipinski definition) is 1. The number of thioether (sulfide) groups is 1. The van der Waals surface area contributed by atoms with E-state index < -0.39 is 5.97 Å². The molecule has 162 valence electrons. The summed E-state index contributed by atoms with van der Waals surface area (Å²) < 4.78 is 10.5. The van der Waals surface area contributed by atoms with E-state index in [2.05, 4.69) is 15.5 Å². The van der Waals surface area contributed by atoms with E-state index in [1.54, 1.807) is 17.4 Å². The van der Waals surface area contributed by atoms with E-state index in [1.807, 2.05) is 23.6 Å². The molecule has 4 rings (SSSR count). The third kappa shape index (κ3) is 5.44. The predicted octanol–water partition coefficient (Wildman–Crippen LogP) is 5.15. The normalized spacial score (nSPS) is 13.7. The number of rotatable bonds is 7. The molecule has 3 aromatic rings. The van der Waals surface area contributed by atoms with Crippen LogP contribution >= 0.6 is 34.4 Å². The number of hydrogen-bond acceptors (Lipinski definition) is 9. The minimum atomic E-state index is -0.401. The lowest BCUT2D eigenvalue weighted by Crippen LogP contribution is -2.16. The number of thiophene rings is 2. The molecule has 1 amide bonds. The number of amides is 1. The van der Waals surface area contributed by atoms with Gasteiger partial charge in [0.25, 0.3) is 5.22 Å². The number of ether oxygens (including phenoxy) is 1. The van der Waals surface area contributed by atoms with Gasteiger partial charge in [-0.05, 0) is 48.8 Å². The van der Waals surface area contributed by atoms with Crippen molar-refractivity contribution in [3.05, 3.63) is 44.3 Å². The second kappa shape index (κ2) is 10.3. The zero-order chi connectivity index (χ0) is 21.6. The van der Waals surface area contributed by atoms with Crippen molar-refractivity contribution in [1.82, 2.24) is 10.2 Å². The quantitative estimate of drug-likeness (QED) is 0.287. The molecule has 0 saturated carbocycles. The van der Waals surface area contributed by atoms with E-state index in [9.17, 15) is 9.59 Å². The predicted molar refractivity (Wildman–Crippen MR) is 124 cm³/mol. The summed E-state index contributed by atoms with van der Waals surface area (Å²) in [6, 6.07) is 3.96. The number of methoxy groups -OCH3 is 1. The van der Waals surface area contributed by atoms with Crippen LogP contribution in [0, 0.1) is 0 Å². The van der Waals surface area contributed by atoms with Crippen LogP contribution in [0.4, 0.5) is 5.00 Å². The molecule has 0 spiro atoms. The number of nitrogens with one attached hydrogen (secondary N) is 1. The Hall–Kier alpha value is -2.43. The lowest BCUT2D eigenvalue weighted by atomic mass is 10.1. The van der Waals surface area contributed by atoms with Gasteiger partial charge in [-0.1, -0.05) is 24.2 Å². The summed E-state index contributed by atoms with van der Waals surface area (Å²) in [5, 5.41) is 13.7. The van der Waals surface area contributed by atoms with Gasteiger partial charge < -0.3 is 14.5 Å². The molecule has 1 aliphatic rings. The maximum Gasteiger partial charge on any atom is 0.341 e. The first-order valence-electron chi connectivity index (χ1n) is 9.84. The molecule has 0 aliphatic heterocycles. The van der Waals surface area contributed by atoms with Crippen molar-refractivity contribution in [3.8, 4) is 0 Å². The molecule has 0 fully saturated rings. The number of esters is 1. The van der Waals surface area contributed by atoms with Crippen LogP contribution < -0.4 is 5.32 Å². The molecule has 0 atom stereocenters. The zero-order valence-electron chi connectivity index (χ0n) is 16.9. The van der Waals surface area contributed by atoms with Gasteiger partial charge >= 0.3 is 5.97 Å². The summed E-state index contributed by atoms with van der Waals surface area (Å²) in [5.74, 6) is -0.160. The Bertz CT molecular complexity index is 1090.